The van der Waals surface area contributed by atoms with Crippen LogP contribution in [0.2, 0.25) is 5.02 Å². The fourth-order valence-electron chi connectivity index (χ4n) is 3.00. The number of aryl methyl sites for hydroxylation is 1. The summed E-state index contributed by atoms with van der Waals surface area (Å²) in [6.45, 7) is 4.16. The first kappa shape index (κ1) is 13.6. The summed E-state index contributed by atoms with van der Waals surface area (Å²) in [6.07, 6.45) is 5.81. The molecule has 0 spiro atoms. The second-order valence-corrected chi connectivity index (χ2v) is 5.79. The number of carbonyl (C=O) groups excluding carboxylic acids is 1. The first-order valence-corrected chi connectivity index (χ1v) is 7.31. The van der Waals surface area contributed by atoms with E-state index in [1.54, 1.807) is 0 Å². The molecule has 0 saturated heterocycles. The second kappa shape index (κ2) is 5.88. The second-order valence-electron chi connectivity index (χ2n) is 5.39. The largest absolute Gasteiger partial charge is 0.294 e. The summed E-state index contributed by atoms with van der Waals surface area (Å²) in [4.78, 5) is 12.6. The summed E-state index contributed by atoms with van der Waals surface area (Å²) in [5.74, 6) is 1.07. The predicted octanol–water partition coefficient (Wildman–Crippen LogP) is 5.05. The van der Waals surface area contributed by atoms with E-state index in [1.807, 2.05) is 25.1 Å². The number of benzene rings is 1. The Bertz CT molecular complexity index is 439. The third kappa shape index (κ3) is 2.77. The molecule has 0 heterocycles. The summed E-state index contributed by atoms with van der Waals surface area (Å²) < 4.78 is 0. The number of carbonyl (C=O) groups is 1. The van der Waals surface area contributed by atoms with Gasteiger partial charge in [-0.05, 0) is 37.3 Å². The average Bonchev–Trinajstić information content (AvgIpc) is 2.41. The van der Waals surface area contributed by atoms with Crippen LogP contribution in [-0.2, 0) is 0 Å². The molecule has 98 valence electrons. The van der Waals surface area contributed by atoms with Crippen LogP contribution in [0.1, 0.15) is 54.9 Å². The topological polar surface area (TPSA) is 17.1 Å². The molecule has 1 fully saturated rings. The van der Waals surface area contributed by atoms with Crippen LogP contribution in [0.4, 0.5) is 0 Å². The Balaban J connectivity index is 2.21. The van der Waals surface area contributed by atoms with E-state index >= 15 is 0 Å². The maximum absolute atomic E-state index is 12.6. The summed E-state index contributed by atoms with van der Waals surface area (Å²) >= 11 is 6.11. The van der Waals surface area contributed by atoms with E-state index in [0.29, 0.717) is 16.7 Å². The van der Waals surface area contributed by atoms with E-state index in [-0.39, 0.29) is 5.92 Å². The van der Waals surface area contributed by atoms with Crippen molar-refractivity contribution in [3.05, 3.63) is 34.3 Å². The van der Waals surface area contributed by atoms with Crippen LogP contribution >= 0.6 is 11.6 Å². The van der Waals surface area contributed by atoms with E-state index in [4.69, 9.17) is 11.6 Å². The maximum atomic E-state index is 12.6. The van der Waals surface area contributed by atoms with Crippen molar-refractivity contribution in [3.8, 4) is 0 Å². The molecule has 0 aliphatic heterocycles. The highest BCUT2D eigenvalue weighted by Crippen LogP contribution is 2.35. The molecular formula is C16H21ClO. The van der Waals surface area contributed by atoms with Gasteiger partial charge in [-0.3, -0.25) is 4.79 Å². The number of Topliss-reactive ketones (excluding diaryl/α,β-unsaturated/α-hetero) is 1. The van der Waals surface area contributed by atoms with Gasteiger partial charge in [0.25, 0.3) is 0 Å². The molecule has 0 aromatic heterocycles. The lowest BCUT2D eigenvalue weighted by Gasteiger charge is -2.29. The molecule has 0 bridgehead atoms. The number of rotatable bonds is 3. The van der Waals surface area contributed by atoms with Gasteiger partial charge in [0, 0.05) is 16.5 Å². The summed E-state index contributed by atoms with van der Waals surface area (Å²) in [5, 5.41) is 0.699. The third-order valence-electron chi connectivity index (χ3n) is 4.23. The zero-order valence-electron chi connectivity index (χ0n) is 11.2. The lowest BCUT2D eigenvalue weighted by molar-refractivity contribution is 0.0820. The van der Waals surface area contributed by atoms with Crippen molar-refractivity contribution in [2.24, 2.45) is 11.8 Å². The van der Waals surface area contributed by atoms with Crippen LogP contribution in [0.25, 0.3) is 0 Å². The smallest absolute Gasteiger partial charge is 0.166 e. The fourth-order valence-corrected chi connectivity index (χ4v) is 3.18. The van der Waals surface area contributed by atoms with Gasteiger partial charge in [-0.15, -0.1) is 0 Å². The highest BCUT2D eigenvalue weighted by molar-refractivity contribution is 6.31. The molecule has 0 radical (unpaired) electrons. The van der Waals surface area contributed by atoms with Gasteiger partial charge in [-0.1, -0.05) is 49.9 Å². The Hall–Kier alpha value is -0.820. The minimum absolute atomic E-state index is 0.211. The van der Waals surface area contributed by atoms with Crippen molar-refractivity contribution < 1.29 is 4.79 Å². The molecular weight excluding hydrogens is 244 g/mol. The van der Waals surface area contributed by atoms with E-state index in [0.717, 1.165) is 24.0 Å². The van der Waals surface area contributed by atoms with E-state index < -0.39 is 0 Å². The van der Waals surface area contributed by atoms with Gasteiger partial charge in [0.1, 0.15) is 0 Å². The van der Waals surface area contributed by atoms with Gasteiger partial charge in [0.15, 0.2) is 5.78 Å². The summed E-state index contributed by atoms with van der Waals surface area (Å²) in [5.41, 5.74) is 1.82. The van der Waals surface area contributed by atoms with Crippen molar-refractivity contribution in [2.75, 3.05) is 0 Å². The maximum Gasteiger partial charge on any atom is 0.166 e. The van der Waals surface area contributed by atoms with Gasteiger partial charge in [0.05, 0.1) is 0 Å². The highest BCUT2D eigenvalue weighted by Gasteiger charge is 2.30. The van der Waals surface area contributed by atoms with Crippen molar-refractivity contribution in [3.63, 3.8) is 0 Å². The van der Waals surface area contributed by atoms with Gasteiger partial charge in [-0.2, -0.15) is 0 Å². The van der Waals surface area contributed by atoms with Crippen molar-refractivity contribution in [1.82, 2.24) is 0 Å². The number of ketones is 1. The Morgan fingerprint density at radius 2 is 2.06 bits per heavy atom. The molecule has 2 rings (SSSR count). The molecule has 1 aromatic carbocycles. The molecule has 1 aromatic rings. The number of hydrogen-bond acceptors (Lipinski definition) is 1. The standard InChI is InChI=1S/C16H21ClO/c1-3-12-6-4-5-7-14(12)16(18)13-9-8-11(2)15(17)10-13/h8-10,12,14H,3-7H2,1-2H3. The Kier molecular flexibility index (Phi) is 4.45. The van der Waals surface area contributed by atoms with Crippen LogP contribution in [0, 0.1) is 18.8 Å². The minimum Gasteiger partial charge on any atom is -0.294 e. The SMILES string of the molecule is CCC1CCCCC1C(=O)c1ccc(C)c(Cl)c1. The first-order chi connectivity index (χ1) is 8.63. The van der Waals surface area contributed by atoms with Crippen molar-refractivity contribution in [2.45, 2.75) is 46.0 Å². The third-order valence-corrected chi connectivity index (χ3v) is 4.63. The summed E-state index contributed by atoms with van der Waals surface area (Å²) in [7, 11) is 0. The number of halogens is 1. The van der Waals surface area contributed by atoms with Gasteiger partial charge < -0.3 is 0 Å². The molecule has 1 aliphatic rings. The molecule has 0 amide bonds. The zero-order valence-corrected chi connectivity index (χ0v) is 12.0. The molecule has 0 N–H and O–H groups in total. The molecule has 2 atom stereocenters. The Morgan fingerprint density at radius 1 is 1.33 bits per heavy atom. The molecule has 1 saturated carbocycles. The monoisotopic (exact) mass is 264 g/mol. The number of hydrogen-bond donors (Lipinski definition) is 0. The van der Waals surface area contributed by atoms with Crippen molar-refractivity contribution in [1.29, 1.82) is 0 Å². The molecule has 2 heteroatoms. The minimum atomic E-state index is 0.211. The highest BCUT2D eigenvalue weighted by atomic mass is 35.5. The van der Waals surface area contributed by atoms with Crippen LogP contribution in [0.5, 0.6) is 0 Å². The lowest BCUT2D eigenvalue weighted by Crippen LogP contribution is -2.27. The summed E-state index contributed by atoms with van der Waals surface area (Å²) in [6, 6.07) is 5.70. The van der Waals surface area contributed by atoms with Crippen molar-refractivity contribution >= 4 is 17.4 Å². The van der Waals surface area contributed by atoms with Crippen LogP contribution < -0.4 is 0 Å². The normalized spacial score (nSPS) is 23.9. The molecule has 1 aliphatic carbocycles. The van der Waals surface area contributed by atoms with Crippen LogP contribution in [0.15, 0.2) is 18.2 Å². The molecule has 1 nitrogen and oxygen atoms in total. The van der Waals surface area contributed by atoms with E-state index in [9.17, 15) is 4.79 Å². The first-order valence-electron chi connectivity index (χ1n) is 6.94. The van der Waals surface area contributed by atoms with Crippen LogP contribution in [-0.4, -0.2) is 5.78 Å². The Morgan fingerprint density at radius 3 is 2.72 bits per heavy atom. The van der Waals surface area contributed by atoms with Crippen LogP contribution in [0.3, 0.4) is 0 Å². The quantitative estimate of drug-likeness (QED) is 0.699. The molecule has 2 unspecified atom stereocenters. The van der Waals surface area contributed by atoms with Gasteiger partial charge in [-0.25, -0.2) is 0 Å². The predicted molar refractivity (Wildman–Crippen MR) is 76.3 cm³/mol. The van der Waals surface area contributed by atoms with E-state index in [2.05, 4.69) is 6.92 Å². The Labute approximate surface area is 115 Å². The van der Waals surface area contributed by atoms with E-state index in [1.165, 1.54) is 19.3 Å². The zero-order chi connectivity index (χ0) is 13.1. The average molecular weight is 265 g/mol. The van der Waals surface area contributed by atoms with Gasteiger partial charge in [0.2, 0.25) is 0 Å². The fraction of sp³-hybridized carbons (Fsp3) is 0.562. The molecule has 18 heavy (non-hydrogen) atoms. The van der Waals surface area contributed by atoms with Gasteiger partial charge >= 0.3 is 0 Å². The lowest BCUT2D eigenvalue weighted by atomic mass is 9.74.